The lowest BCUT2D eigenvalue weighted by atomic mass is 9.94. The summed E-state index contributed by atoms with van der Waals surface area (Å²) < 4.78 is 38.9. The largest absolute Gasteiger partial charge is 0.471 e. The molecule has 0 radical (unpaired) electrons. The first-order chi connectivity index (χ1) is 18.2. The predicted octanol–water partition coefficient (Wildman–Crippen LogP) is 0.360. The predicted molar refractivity (Wildman–Crippen MR) is 133 cm³/mol. The SMILES string of the molecule is C=C(C(=O)N[C@H](C#N)C[C@@H]1CCNC1=O)[C@@H]1[C@@H]2[C@H](CN1C(=O)[C@H](CN/C=C\C=N)NC(=O)C(F)(F)F)C2(C)C. The van der Waals surface area contributed by atoms with E-state index in [2.05, 4.69) is 22.5 Å². The number of halogens is 3. The Labute approximate surface area is 223 Å². The zero-order valence-corrected chi connectivity index (χ0v) is 21.6. The molecule has 1 aliphatic carbocycles. The van der Waals surface area contributed by atoms with Crippen molar-refractivity contribution in [3.8, 4) is 6.07 Å². The van der Waals surface area contributed by atoms with Crippen molar-refractivity contribution in [3.63, 3.8) is 0 Å². The first-order valence-corrected chi connectivity index (χ1v) is 12.5. The molecule has 2 heterocycles. The van der Waals surface area contributed by atoms with Gasteiger partial charge in [-0.3, -0.25) is 19.2 Å². The van der Waals surface area contributed by atoms with E-state index in [9.17, 15) is 37.6 Å². The van der Waals surface area contributed by atoms with Crippen LogP contribution in [0.2, 0.25) is 0 Å². The Hall–Kier alpha value is -3.89. The number of alkyl halides is 3. The maximum absolute atomic E-state index is 13.5. The minimum Gasteiger partial charge on any atom is -0.388 e. The fraction of sp³-hybridized carbons (Fsp3) is 0.600. The van der Waals surface area contributed by atoms with E-state index >= 15 is 0 Å². The lowest BCUT2D eigenvalue weighted by molar-refractivity contribution is -0.175. The smallest absolute Gasteiger partial charge is 0.388 e. The van der Waals surface area contributed by atoms with Crippen LogP contribution in [0.5, 0.6) is 0 Å². The Morgan fingerprint density at radius 3 is 2.59 bits per heavy atom. The van der Waals surface area contributed by atoms with Crippen LogP contribution >= 0.6 is 0 Å². The molecule has 0 aromatic heterocycles. The van der Waals surface area contributed by atoms with Gasteiger partial charge in [-0.2, -0.15) is 18.4 Å². The zero-order valence-electron chi connectivity index (χ0n) is 21.6. The van der Waals surface area contributed by atoms with Crippen molar-refractivity contribution >= 4 is 29.8 Å². The van der Waals surface area contributed by atoms with Crippen LogP contribution in [-0.2, 0) is 19.2 Å². The van der Waals surface area contributed by atoms with Crippen LogP contribution < -0.4 is 21.3 Å². The molecule has 4 amide bonds. The number of likely N-dealkylation sites (tertiary alicyclic amines) is 1. The van der Waals surface area contributed by atoms with Crippen LogP contribution in [0.15, 0.2) is 24.4 Å². The summed E-state index contributed by atoms with van der Waals surface area (Å²) in [6, 6.07) is -1.51. The Morgan fingerprint density at radius 1 is 1.33 bits per heavy atom. The van der Waals surface area contributed by atoms with Crippen molar-refractivity contribution in [2.24, 2.45) is 23.2 Å². The molecule has 0 aromatic carbocycles. The van der Waals surface area contributed by atoms with Gasteiger partial charge in [-0.05, 0) is 42.4 Å². The van der Waals surface area contributed by atoms with Gasteiger partial charge in [0.05, 0.1) is 12.1 Å². The van der Waals surface area contributed by atoms with Crippen molar-refractivity contribution in [1.82, 2.24) is 26.2 Å². The molecule has 3 rings (SSSR count). The van der Waals surface area contributed by atoms with Crippen molar-refractivity contribution in [3.05, 3.63) is 24.4 Å². The number of carbonyl (C=O) groups excluding carboxylic acids is 4. The van der Waals surface area contributed by atoms with Gasteiger partial charge in [-0.15, -0.1) is 0 Å². The van der Waals surface area contributed by atoms with E-state index in [1.54, 1.807) is 5.32 Å². The highest BCUT2D eigenvalue weighted by atomic mass is 19.4. The zero-order chi connectivity index (χ0) is 29.1. The molecule has 3 fully saturated rings. The minimum absolute atomic E-state index is 0.0323. The quantitative estimate of drug-likeness (QED) is 0.184. The third kappa shape index (κ3) is 6.40. The Balaban J connectivity index is 1.78. The molecular weight excluding hydrogens is 519 g/mol. The fourth-order valence-electron chi connectivity index (χ4n) is 5.54. The molecule has 14 heteroatoms. The maximum Gasteiger partial charge on any atom is 0.471 e. The Kier molecular flexibility index (Phi) is 8.72. The van der Waals surface area contributed by atoms with E-state index in [1.807, 2.05) is 19.9 Å². The van der Waals surface area contributed by atoms with Gasteiger partial charge in [0.1, 0.15) is 12.1 Å². The van der Waals surface area contributed by atoms with E-state index in [4.69, 9.17) is 5.41 Å². The van der Waals surface area contributed by atoms with Crippen LogP contribution in [0.25, 0.3) is 0 Å². The number of rotatable bonds is 11. The number of piperidine rings is 1. The van der Waals surface area contributed by atoms with Crippen molar-refractivity contribution in [1.29, 1.82) is 10.7 Å². The highest BCUT2D eigenvalue weighted by Crippen LogP contribution is 2.65. The summed E-state index contributed by atoms with van der Waals surface area (Å²) in [5.74, 6) is -4.69. The molecule has 2 saturated heterocycles. The number of hydrogen-bond acceptors (Lipinski definition) is 7. The molecule has 1 saturated carbocycles. The van der Waals surface area contributed by atoms with E-state index < -0.39 is 54.5 Å². The summed E-state index contributed by atoms with van der Waals surface area (Å²) in [6.07, 6.45) is -1.17. The molecule has 3 aliphatic rings. The first-order valence-electron chi connectivity index (χ1n) is 12.5. The molecule has 0 bridgehead atoms. The van der Waals surface area contributed by atoms with E-state index in [0.717, 1.165) is 6.21 Å². The fourth-order valence-corrected chi connectivity index (χ4v) is 5.54. The van der Waals surface area contributed by atoms with Crippen molar-refractivity contribution < 1.29 is 32.3 Å². The van der Waals surface area contributed by atoms with Crippen molar-refractivity contribution in [2.45, 2.75) is 51.0 Å². The van der Waals surface area contributed by atoms with Gasteiger partial charge in [0.15, 0.2) is 0 Å². The number of amides is 4. The van der Waals surface area contributed by atoms with Crippen LogP contribution in [0.1, 0.15) is 26.7 Å². The van der Waals surface area contributed by atoms with Gasteiger partial charge < -0.3 is 31.6 Å². The second kappa shape index (κ2) is 11.5. The summed E-state index contributed by atoms with van der Waals surface area (Å²) in [6.45, 7) is 8.01. The van der Waals surface area contributed by atoms with E-state index in [1.165, 1.54) is 17.2 Å². The topological polar surface area (TPSA) is 167 Å². The average molecular weight is 552 g/mol. The summed E-state index contributed by atoms with van der Waals surface area (Å²) >= 11 is 0. The van der Waals surface area contributed by atoms with Crippen LogP contribution in [0.3, 0.4) is 0 Å². The number of hydrogen-bond donors (Lipinski definition) is 5. The molecule has 2 aliphatic heterocycles. The van der Waals surface area contributed by atoms with Crippen molar-refractivity contribution in [2.75, 3.05) is 19.6 Å². The molecule has 39 heavy (non-hydrogen) atoms. The van der Waals surface area contributed by atoms with Gasteiger partial charge in [-0.25, -0.2) is 0 Å². The van der Waals surface area contributed by atoms with Gasteiger partial charge >= 0.3 is 12.1 Å². The monoisotopic (exact) mass is 551 g/mol. The van der Waals surface area contributed by atoms with Crippen LogP contribution in [0.4, 0.5) is 13.2 Å². The number of fused-ring (bicyclic) bond motifs is 1. The Morgan fingerprint density at radius 2 is 2.03 bits per heavy atom. The van der Waals surface area contributed by atoms with Gasteiger partial charge in [-0.1, -0.05) is 20.4 Å². The number of nitrogens with one attached hydrogen (secondary N) is 5. The van der Waals surface area contributed by atoms with Gasteiger partial charge in [0, 0.05) is 37.3 Å². The molecule has 0 spiro atoms. The standard InChI is InChI=1S/C25H32F3N7O4/c1-13(20(36)33-15(10-30)9-14-5-8-32-21(14)37)19-18-16(24(18,2)3)12-35(19)22(38)17(11-31-7-4-6-29)34-23(39)25(26,27)28/h4,6-7,14-19,29,31H,1,5,8-9,11-12H2,2-3H3,(H,32,37)(H,33,36)(H,34,39)/b7-4-,29-6?/t14-,15-,16-,17-,18-,19+/m0/s1. The van der Waals surface area contributed by atoms with Crippen LogP contribution in [0, 0.1) is 39.9 Å². The maximum atomic E-state index is 13.5. The second-order valence-electron chi connectivity index (χ2n) is 10.5. The number of nitriles is 1. The summed E-state index contributed by atoms with van der Waals surface area (Å²) in [5, 5.41) is 26.1. The third-order valence-corrected chi connectivity index (χ3v) is 7.78. The molecule has 5 N–H and O–H groups in total. The number of carbonyl (C=O) groups is 4. The number of nitrogens with zero attached hydrogens (tertiary/aromatic N) is 2. The highest BCUT2D eigenvalue weighted by Gasteiger charge is 2.68. The molecule has 212 valence electrons. The summed E-state index contributed by atoms with van der Waals surface area (Å²) in [4.78, 5) is 51.5. The normalized spacial score (nSPS) is 26.6. The molecular formula is C25H32F3N7O4. The average Bonchev–Trinajstić information content (AvgIpc) is 3.20. The van der Waals surface area contributed by atoms with E-state index in [0.29, 0.717) is 13.0 Å². The minimum atomic E-state index is -5.22. The summed E-state index contributed by atoms with van der Waals surface area (Å²) in [7, 11) is 0. The second-order valence-corrected chi connectivity index (χ2v) is 10.5. The first kappa shape index (κ1) is 29.7. The molecule has 0 unspecified atom stereocenters. The molecule has 0 aromatic rings. The molecule has 11 nitrogen and oxygen atoms in total. The highest BCUT2D eigenvalue weighted by molar-refractivity contribution is 5.97. The molecule has 6 atom stereocenters. The summed E-state index contributed by atoms with van der Waals surface area (Å²) in [5.41, 5.74) is -0.299. The van der Waals surface area contributed by atoms with E-state index in [-0.39, 0.29) is 41.7 Å². The third-order valence-electron chi connectivity index (χ3n) is 7.78. The number of allylic oxidation sites excluding steroid dienone is 1. The van der Waals surface area contributed by atoms with Crippen LogP contribution in [-0.4, -0.2) is 78.7 Å². The Bertz CT molecular complexity index is 1110. The van der Waals surface area contributed by atoms with Gasteiger partial charge in [0.2, 0.25) is 17.7 Å². The van der Waals surface area contributed by atoms with Gasteiger partial charge in [0.25, 0.3) is 0 Å². The lowest BCUT2D eigenvalue weighted by Crippen LogP contribution is -2.57. The lowest BCUT2D eigenvalue weighted by Gasteiger charge is -2.34.